The lowest BCUT2D eigenvalue weighted by Gasteiger charge is -2.19. The van der Waals surface area contributed by atoms with Gasteiger partial charge in [-0.05, 0) is 47.9 Å². The molecule has 0 bridgehead atoms. The second-order valence-electron chi connectivity index (χ2n) is 4.27. The number of aryl methyl sites for hydroxylation is 1. The summed E-state index contributed by atoms with van der Waals surface area (Å²) in [6, 6.07) is 8.15. The van der Waals surface area contributed by atoms with Crippen LogP contribution in [-0.4, -0.2) is 0 Å². The second kappa shape index (κ2) is 5.65. The first-order valence-corrected chi connectivity index (χ1v) is 6.08. The van der Waals surface area contributed by atoms with Gasteiger partial charge in [0.1, 0.15) is 11.6 Å². The Bertz CT molecular complexity index is 602. The van der Waals surface area contributed by atoms with Gasteiger partial charge in [-0.15, -0.1) is 0 Å². The maximum atomic E-state index is 13.3. The van der Waals surface area contributed by atoms with E-state index in [0.717, 1.165) is 0 Å². The highest BCUT2D eigenvalue weighted by Gasteiger charge is 2.17. The molecule has 5 heteroatoms. The molecule has 0 aliphatic rings. The maximum Gasteiger partial charge on any atom is 0.126 e. The summed E-state index contributed by atoms with van der Waals surface area (Å²) in [6.45, 7) is 1.65. The van der Waals surface area contributed by atoms with E-state index in [2.05, 4.69) is 5.43 Å². The third-order valence-corrected chi connectivity index (χ3v) is 3.30. The first-order valence-electron chi connectivity index (χ1n) is 5.70. The number of nitrogens with two attached hydrogens (primary N) is 1. The number of hydrazine groups is 1. The SMILES string of the molecule is Cc1cc(C(NN)c2cc(F)ccc2Cl)ccc1F. The summed E-state index contributed by atoms with van der Waals surface area (Å²) in [4.78, 5) is 0. The van der Waals surface area contributed by atoms with Gasteiger partial charge >= 0.3 is 0 Å². The maximum absolute atomic E-state index is 13.3. The molecule has 0 fully saturated rings. The number of hydrogen-bond donors (Lipinski definition) is 2. The third kappa shape index (κ3) is 2.92. The summed E-state index contributed by atoms with van der Waals surface area (Å²) in [5.41, 5.74) is 4.29. The zero-order valence-corrected chi connectivity index (χ0v) is 11.0. The lowest BCUT2D eigenvalue weighted by Crippen LogP contribution is -2.29. The van der Waals surface area contributed by atoms with E-state index in [9.17, 15) is 8.78 Å². The van der Waals surface area contributed by atoms with Crippen molar-refractivity contribution in [2.75, 3.05) is 0 Å². The monoisotopic (exact) mass is 282 g/mol. The molecule has 0 amide bonds. The van der Waals surface area contributed by atoms with E-state index in [4.69, 9.17) is 17.4 Å². The van der Waals surface area contributed by atoms with Crippen LogP contribution in [-0.2, 0) is 0 Å². The van der Waals surface area contributed by atoms with Crippen molar-refractivity contribution in [3.05, 3.63) is 69.7 Å². The van der Waals surface area contributed by atoms with Gasteiger partial charge in [0.2, 0.25) is 0 Å². The second-order valence-corrected chi connectivity index (χ2v) is 4.68. The van der Waals surface area contributed by atoms with Crippen LogP contribution in [0.2, 0.25) is 5.02 Å². The summed E-state index contributed by atoms with van der Waals surface area (Å²) in [6.07, 6.45) is 0. The minimum atomic E-state index is -0.498. The Labute approximate surface area is 115 Å². The van der Waals surface area contributed by atoms with Crippen LogP contribution in [0.25, 0.3) is 0 Å². The molecule has 2 nitrogen and oxygen atoms in total. The van der Waals surface area contributed by atoms with Gasteiger partial charge in [0, 0.05) is 5.02 Å². The summed E-state index contributed by atoms with van der Waals surface area (Å²) in [7, 11) is 0. The van der Waals surface area contributed by atoms with Crippen LogP contribution in [0.1, 0.15) is 22.7 Å². The predicted molar refractivity (Wildman–Crippen MR) is 71.7 cm³/mol. The molecule has 1 unspecified atom stereocenters. The fourth-order valence-electron chi connectivity index (χ4n) is 1.95. The zero-order valence-electron chi connectivity index (χ0n) is 10.3. The van der Waals surface area contributed by atoms with E-state index in [1.54, 1.807) is 19.1 Å². The Hall–Kier alpha value is -1.49. The number of rotatable bonds is 3. The minimum Gasteiger partial charge on any atom is -0.271 e. The molecule has 2 aromatic carbocycles. The minimum absolute atomic E-state index is 0.301. The molecule has 0 saturated carbocycles. The van der Waals surface area contributed by atoms with Crippen molar-refractivity contribution < 1.29 is 8.78 Å². The number of halogens is 3. The summed E-state index contributed by atoms with van der Waals surface area (Å²) in [5.74, 6) is 4.81. The Morgan fingerprint density at radius 1 is 1.16 bits per heavy atom. The molecular formula is C14H13ClF2N2. The van der Waals surface area contributed by atoms with Crippen molar-refractivity contribution >= 4 is 11.6 Å². The van der Waals surface area contributed by atoms with Crippen LogP contribution in [0.4, 0.5) is 8.78 Å². The van der Waals surface area contributed by atoms with Gasteiger partial charge in [0.25, 0.3) is 0 Å². The molecule has 3 N–H and O–H groups in total. The van der Waals surface area contributed by atoms with Crippen LogP contribution in [0.15, 0.2) is 36.4 Å². The van der Waals surface area contributed by atoms with Crippen molar-refractivity contribution in [3.63, 3.8) is 0 Å². The van der Waals surface area contributed by atoms with Crippen molar-refractivity contribution in [2.24, 2.45) is 5.84 Å². The molecule has 19 heavy (non-hydrogen) atoms. The highest BCUT2D eigenvalue weighted by molar-refractivity contribution is 6.31. The number of nitrogens with one attached hydrogen (secondary N) is 1. The molecular weight excluding hydrogens is 270 g/mol. The molecule has 1 atom stereocenters. The van der Waals surface area contributed by atoms with Gasteiger partial charge in [-0.1, -0.05) is 23.7 Å². The molecule has 0 aliphatic carbocycles. The lowest BCUT2D eigenvalue weighted by atomic mass is 9.97. The normalized spacial score (nSPS) is 12.5. The van der Waals surface area contributed by atoms with Gasteiger partial charge in [-0.3, -0.25) is 5.84 Å². The van der Waals surface area contributed by atoms with E-state index in [0.29, 0.717) is 21.7 Å². The molecule has 0 aliphatic heterocycles. The van der Waals surface area contributed by atoms with Gasteiger partial charge < -0.3 is 0 Å². The number of benzene rings is 2. The van der Waals surface area contributed by atoms with E-state index in [-0.39, 0.29) is 5.82 Å². The summed E-state index contributed by atoms with van der Waals surface area (Å²) >= 11 is 6.05. The zero-order chi connectivity index (χ0) is 14.0. The highest BCUT2D eigenvalue weighted by atomic mass is 35.5. The number of hydrogen-bond acceptors (Lipinski definition) is 2. The van der Waals surface area contributed by atoms with E-state index >= 15 is 0 Å². The van der Waals surface area contributed by atoms with E-state index in [1.807, 2.05) is 0 Å². The lowest BCUT2D eigenvalue weighted by molar-refractivity contribution is 0.598. The summed E-state index contributed by atoms with van der Waals surface area (Å²) < 4.78 is 26.6. The Morgan fingerprint density at radius 3 is 2.53 bits per heavy atom. The average molecular weight is 283 g/mol. The van der Waals surface area contributed by atoms with Crippen LogP contribution in [0.3, 0.4) is 0 Å². The first kappa shape index (κ1) is 13.9. The van der Waals surface area contributed by atoms with Gasteiger partial charge in [0.05, 0.1) is 6.04 Å². The molecule has 0 aromatic heterocycles. The van der Waals surface area contributed by atoms with Crippen LogP contribution in [0, 0.1) is 18.6 Å². The van der Waals surface area contributed by atoms with Gasteiger partial charge in [-0.2, -0.15) is 0 Å². The van der Waals surface area contributed by atoms with Crippen molar-refractivity contribution in [2.45, 2.75) is 13.0 Å². The largest absolute Gasteiger partial charge is 0.271 e. The molecule has 0 saturated heterocycles. The van der Waals surface area contributed by atoms with E-state index < -0.39 is 11.9 Å². The van der Waals surface area contributed by atoms with Crippen LogP contribution < -0.4 is 11.3 Å². The smallest absolute Gasteiger partial charge is 0.126 e. The average Bonchev–Trinajstić information content (AvgIpc) is 2.38. The predicted octanol–water partition coefficient (Wildman–Crippen LogP) is 3.48. The third-order valence-electron chi connectivity index (χ3n) is 2.95. The van der Waals surface area contributed by atoms with Crippen molar-refractivity contribution in [3.8, 4) is 0 Å². The Morgan fingerprint density at radius 2 is 1.89 bits per heavy atom. The topological polar surface area (TPSA) is 38.0 Å². The molecule has 2 aromatic rings. The molecule has 2 rings (SSSR count). The fraction of sp³-hybridized carbons (Fsp3) is 0.143. The molecule has 100 valence electrons. The van der Waals surface area contributed by atoms with E-state index in [1.165, 1.54) is 24.3 Å². The standard InChI is InChI=1S/C14H13ClF2N2/c1-8-6-9(2-5-13(8)17)14(19-18)11-7-10(16)3-4-12(11)15/h2-7,14,19H,18H2,1H3. The van der Waals surface area contributed by atoms with Gasteiger partial charge in [0.15, 0.2) is 0 Å². The van der Waals surface area contributed by atoms with Crippen molar-refractivity contribution in [1.29, 1.82) is 0 Å². The first-order chi connectivity index (χ1) is 9.02. The van der Waals surface area contributed by atoms with Gasteiger partial charge in [-0.25, -0.2) is 14.2 Å². The molecule has 0 spiro atoms. The molecule has 0 heterocycles. The van der Waals surface area contributed by atoms with Crippen LogP contribution >= 0.6 is 11.6 Å². The Kier molecular flexibility index (Phi) is 4.14. The fourth-order valence-corrected chi connectivity index (χ4v) is 2.18. The van der Waals surface area contributed by atoms with Crippen molar-refractivity contribution in [1.82, 2.24) is 5.43 Å². The molecule has 0 radical (unpaired) electrons. The summed E-state index contributed by atoms with van der Waals surface area (Å²) in [5, 5.41) is 0.395. The van der Waals surface area contributed by atoms with Crippen LogP contribution in [0.5, 0.6) is 0 Å². The quantitative estimate of drug-likeness (QED) is 0.668. The Balaban J connectivity index is 2.49. The highest BCUT2D eigenvalue weighted by Crippen LogP contribution is 2.29.